The molecule has 2 heterocycles. The van der Waals surface area contributed by atoms with Crippen LogP contribution < -0.4 is 0 Å². The predicted molar refractivity (Wildman–Crippen MR) is 90.3 cm³/mol. The Labute approximate surface area is 132 Å². The SMILES string of the molecule is OCc1ccc2c(c1)nc(-c1ccccc1)n2-c1cccs1. The van der Waals surface area contributed by atoms with Gasteiger partial charge in [-0.2, -0.15) is 0 Å². The summed E-state index contributed by atoms with van der Waals surface area (Å²) in [5.41, 5.74) is 3.91. The van der Waals surface area contributed by atoms with Gasteiger partial charge in [0.1, 0.15) is 10.8 Å². The lowest BCUT2D eigenvalue weighted by molar-refractivity contribution is 0.282. The van der Waals surface area contributed by atoms with E-state index in [0.717, 1.165) is 33.0 Å². The van der Waals surface area contributed by atoms with Gasteiger partial charge >= 0.3 is 0 Å². The molecular formula is C18H14N2OS. The van der Waals surface area contributed by atoms with Crippen LogP contribution in [0.4, 0.5) is 0 Å². The zero-order chi connectivity index (χ0) is 14.9. The maximum Gasteiger partial charge on any atom is 0.146 e. The number of aliphatic hydroxyl groups excluding tert-OH is 1. The monoisotopic (exact) mass is 306 g/mol. The highest BCUT2D eigenvalue weighted by atomic mass is 32.1. The van der Waals surface area contributed by atoms with Gasteiger partial charge in [-0.25, -0.2) is 4.98 Å². The Balaban J connectivity index is 2.04. The van der Waals surface area contributed by atoms with Crippen LogP contribution >= 0.6 is 11.3 Å². The summed E-state index contributed by atoms with van der Waals surface area (Å²) >= 11 is 1.69. The lowest BCUT2D eigenvalue weighted by Crippen LogP contribution is -1.94. The molecule has 4 aromatic rings. The van der Waals surface area contributed by atoms with Gasteiger partial charge in [0.05, 0.1) is 17.6 Å². The molecule has 4 rings (SSSR count). The average molecular weight is 306 g/mol. The molecule has 1 N–H and O–H groups in total. The van der Waals surface area contributed by atoms with E-state index in [9.17, 15) is 5.11 Å². The number of aromatic nitrogens is 2. The van der Waals surface area contributed by atoms with E-state index in [1.54, 1.807) is 11.3 Å². The fourth-order valence-electron chi connectivity index (χ4n) is 2.63. The van der Waals surface area contributed by atoms with Crippen molar-refractivity contribution < 1.29 is 5.11 Å². The first kappa shape index (κ1) is 13.2. The lowest BCUT2D eigenvalue weighted by atomic mass is 10.2. The molecule has 108 valence electrons. The molecule has 0 saturated carbocycles. The Hall–Kier alpha value is -2.43. The molecule has 0 atom stereocenters. The standard InChI is InChI=1S/C18H14N2OS/c21-12-13-8-9-16-15(11-13)19-18(14-5-2-1-3-6-14)20(16)17-7-4-10-22-17/h1-11,21H,12H2. The van der Waals surface area contributed by atoms with Crippen molar-refractivity contribution in [2.45, 2.75) is 6.61 Å². The van der Waals surface area contributed by atoms with Gasteiger partial charge < -0.3 is 5.11 Å². The van der Waals surface area contributed by atoms with Crippen molar-refractivity contribution in [2.75, 3.05) is 0 Å². The quantitative estimate of drug-likeness (QED) is 0.614. The molecule has 0 radical (unpaired) electrons. The lowest BCUT2D eigenvalue weighted by Gasteiger charge is -2.06. The van der Waals surface area contributed by atoms with Gasteiger partial charge in [-0.05, 0) is 35.2 Å². The van der Waals surface area contributed by atoms with Crippen molar-refractivity contribution in [3.05, 3.63) is 71.6 Å². The minimum Gasteiger partial charge on any atom is -0.392 e. The highest BCUT2D eigenvalue weighted by molar-refractivity contribution is 7.12. The van der Waals surface area contributed by atoms with Crippen molar-refractivity contribution in [3.63, 3.8) is 0 Å². The topological polar surface area (TPSA) is 38.1 Å². The molecule has 2 aromatic carbocycles. The van der Waals surface area contributed by atoms with E-state index < -0.39 is 0 Å². The highest BCUT2D eigenvalue weighted by Gasteiger charge is 2.14. The Morgan fingerprint density at radius 3 is 2.59 bits per heavy atom. The Morgan fingerprint density at radius 2 is 1.86 bits per heavy atom. The highest BCUT2D eigenvalue weighted by Crippen LogP contribution is 2.30. The fourth-order valence-corrected chi connectivity index (χ4v) is 3.37. The average Bonchev–Trinajstić information content (AvgIpc) is 3.21. The van der Waals surface area contributed by atoms with E-state index in [-0.39, 0.29) is 6.61 Å². The van der Waals surface area contributed by atoms with Crippen LogP contribution in [0.1, 0.15) is 5.56 Å². The summed E-state index contributed by atoms with van der Waals surface area (Å²) in [6, 6.07) is 20.2. The minimum absolute atomic E-state index is 0.0302. The maximum atomic E-state index is 9.34. The molecule has 0 amide bonds. The summed E-state index contributed by atoms with van der Waals surface area (Å²) in [5.74, 6) is 0.924. The number of aliphatic hydroxyl groups is 1. The van der Waals surface area contributed by atoms with Crippen LogP contribution in [0.15, 0.2) is 66.0 Å². The second-order valence-electron chi connectivity index (χ2n) is 5.07. The summed E-state index contributed by atoms with van der Waals surface area (Å²) in [6.07, 6.45) is 0. The van der Waals surface area contributed by atoms with E-state index in [0.29, 0.717) is 0 Å². The minimum atomic E-state index is 0.0302. The Kier molecular flexibility index (Phi) is 3.25. The molecule has 0 saturated heterocycles. The van der Waals surface area contributed by atoms with E-state index in [4.69, 9.17) is 4.98 Å². The predicted octanol–water partition coefficient (Wildman–Crippen LogP) is 4.25. The van der Waals surface area contributed by atoms with Crippen molar-refractivity contribution in [3.8, 4) is 16.4 Å². The van der Waals surface area contributed by atoms with Crippen molar-refractivity contribution in [1.82, 2.24) is 9.55 Å². The normalized spacial score (nSPS) is 11.1. The molecule has 22 heavy (non-hydrogen) atoms. The van der Waals surface area contributed by atoms with Crippen LogP contribution in [0.2, 0.25) is 0 Å². The fraction of sp³-hybridized carbons (Fsp3) is 0.0556. The van der Waals surface area contributed by atoms with Crippen molar-refractivity contribution >= 4 is 22.4 Å². The van der Waals surface area contributed by atoms with Crippen LogP contribution in [0.3, 0.4) is 0 Å². The van der Waals surface area contributed by atoms with Crippen molar-refractivity contribution in [1.29, 1.82) is 0 Å². The van der Waals surface area contributed by atoms with Crippen molar-refractivity contribution in [2.24, 2.45) is 0 Å². The van der Waals surface area contributed by atoms with Gasteiger partial charge in [0.25, 0.3) is 0 Å². The molecule has 0 aliphatic rings. The first-order valence-corrected chi connectivity index (χ1v) is 7.96. The Bertz CT molecular complexity index is 911. The molecule has 0 fully saturated rings. The van der Waals surface area contributed by atoms with Gasteiger partial charge in [-0.3, -0.25) is 4.57 Å². The Morgan fingerprint density at radius 1 is 1.00 bits per heavy atom. The van der Waals surface area contributed by atoms with Crippen LogP contribution in [0.25, 0.3) is 27.4 Å². The third kappa shape index (κ3) is 2.13. The van der Waals surface area contributed by atoms with Gasteiger partial charge in [0.2, 0.25) is 0 Å². The van der Waals surface area contributed by atoms with E-state index >= 15 is 0 Å². The number of thiophene rings is 1. The summed E-state index contributed by atoms with van der Waals surface area (Å²) in [7, 11) is 0. The smallest absolute Gasteiger partial charge is 0.146 e. The summed E-state index contributed by atoms with van der Waals surface area (Å²) < 4.78 is 2.18. The van der Waals surface area contributed by atoms with E-state index in [1.807, 2.05) is 42.5 Å². The second kappa shape index (κ2) is 5.40. The number of imidazole rings is 1. The van der Waals surface area contributed by atoms with Crippen LogP contribution in [0, 0.1) is 0 Å². The maximum absolute atomic E-state index is 9.34. The van der Waals surface area contributed by atoms with Gasteiger partial charge in [0.15, 0.2) is 0 Å². The number of fused-ring (bicyclic) bond motifs is 1. The van der Waals surface area contributed by atoms with Crippen LogP contribution in [0.5, 0.6) is 0 Å². The molecule has 3 nitrogen and oxygen atoms in total. The molecule has 0 unspecified atom stereocenters. The zero-order valence-corrected chi connectivity index (χ0v) is 12.6. The molecule has 2 aromatic heterocycles. The number of hydrogen-bond donors (Lipinski definition) is 1. The summed E-state index contributed by atoms with van der Waals surface area (Å²) in [4.78, 5) is 4.81. The summed E-state index contributed by atoms with van der Waals surface area (Å²) in [5, 5.41) is 12.5. The molecule has 0 spiro atoms. The largest absolute Gasteiger partial charge is 0.392 e. The first-order chi connectivity index (χ1) is 10.9. The van der Waals surface area contributed by atoms with Crippen LogP contribution in [-0.2, 0) is 6.61 Å². The molecular weight excluding hydrogens is 292 g/mol. The second-order valence-corrected chi connectivity index (χ2v) is 6.00. The molecule has 0 aliphatic heterocycles. The third-order valence-corrected chi connectivity index (χ3v) is 4.51. The van der Waals surface area contributed by atoms with Gasteiger partial charge in [0, 0.05) is 5.56 Å². The zero-order valence-electron chi connectivity index (χ0n) is 11.8. The number of benzene rings is 2. The first-order valence-electron chi connectivity index (χ1n) is 7.08. The molecule has 0 bridgehead atoms. The third-order valence-electron chi connectivity index (χ3n) is 3.66. The molecule has 0 aliphatic carbocycles. The van der Waals surface area contributed by atoms with Gasteiger partial charge in [-0.15, -0.1) is 11.3 Å². The number of rotatable bonds is 3. The van der Waals surface area contributed by atoms with Gasteiger partial charge in [-0.1, -0.05) is 36.4 Å². The van der Waals surface area contributed by atoms with E-state index in [1.165, 1.54) is 0 Å². The summed E-state index contributed by atoms with van der Waals surface area (Å²) in [6.45, 7) is 0.0302. The molecule has 4 heteroatoms. The number of nitrogens with zero attached hydrogens (tertiary/aromatic N) is 2. The number of hydrogen-bond acceptors (Lipinski definition) is 3. The van der Waals surface area contributed by atoms with Crippen LogP contribution in [-0.4, -0.2) is 14.7 Å². The van der Waals surface area contributed by atoms with E-state index in [2.05, 4.69) is 28.1 Å².